The second kappa shape index (κ2) is 5.81. The lowest BCUT2D eigenvalue weighted by Crippen LogP contribution is -2.44. The van der Waals surface area contributed by atoms with Crippen molar-refractivity contribution in [3.05, 3.63) is 12.4 Å². The number of nitrogens with zero attached hydrogens (tertiary/aromatic N) is 2. The van der Waals surface area contributed by atoms with Crippen LogP contribution in [0.1, 0.15) is 26.2 Å². The molecule has 0 unspecified atom stereocenters. The van der Waals surface area contributed by atoms with Gasteiger partial charge < -0.3 is 5.32 Å². The topological polar surface area (TPSA) is 78.1 Å². The number of aromatic amines is 1. The van der Waals surface area contributed by atoms with Crippen molar-refractivity contribution < 1.29 is 8.42 Å². The molecule has 0 atom stereocenters. The SMILES string of the molecule is CCCNC1CCN(S(=O)(=O)c2cn[nH]c2)CC1. The van der Waals surface area contributed by atoms with Crippen molar-refractivity contribution in [2.24, 2.45) is 0 Å². The Morgan fingerprint density at radius 2 is 2.22 bits per heavy atom. The predicted octanol–water partition coefficient (Wildman–Crippen LogP) is 0.562. The zero-order chi connectivity index (χ0) is 13.0. The van der Waals surface area contributed by atoms with Crippen molar-refractivity contribution in [3.8, 4) is 0 Å². The Hall–Kier alpha value is -0.920. The molecule has 0 aromatic carbocycles. The number of H-pyrrole nitrogens is 1. The number of sulfonamides is 1. The zero-order valence-electron chi connectivity index (χ0n) is 10.6. The summed E-state index contributed by atoms with van der Waals surface area (Å²) in [4.78, 5) is 0.252. The highest BCUT2D eigenvalue weighted by molar-refractivity contribution is 7.89. The first kappa shape index (κ1) is 13.5. The van der Waals surface area contributed by atoms with Gasteiger partial charge in [0, 0.05) is 25.3 Å². The van der Waals surface area contributed by atoms with Gasteiger partial charge in [-0.15, -0.1) is 0 Å². The first-order chi connectivity index (χ1) is 8.64. The Kier molecular flexibility index (Phi) is 4.36. The lowest BCUT2D eigenvalue weighted by molar-refractivity contribution is 0.290. The van der Waals surface area contributed by atoms with Crippen LogP contribution in [-0.2, 0) is 10.0 Å². The van der Waals surface area contributed by atoms with E-state index in [9.17, 15) is 8.42 Å². The van der Waals surface area contributed by atoms with E-state index >= 15 is 0 Å². The standard InChI is InChI=1S/C11H20N4O2S/c1-2-5-12-10-3-6-15(7-4-10)18(16,17)11-8-13-14-9-11/h8-10,12H,2-7H2,1H3,(H,13,14). The van der Waals surface area contributed by atoms with E-state index in [1.165, 1.54) is 12.4 Å². The first-order valence-corrected chi connectivity index (χ1v) is 7.81. The van der Waals surface area contributed by atoms with Crippen molar-refractivity contribution in [2.45, 2.75) is 37.1 Å². The van der Waals surface area contributed by atoms with E-state index in [1.807, 2.05) is 0 Å². The average molecular weight is 272 g/mol. The molecule has 2 rings (SSSR count). The smallest absolute Gasteiger partial charge is 0.246 e. The molecule has 18 heavy (non-hydrogen) atoms. The minimum atomic E-state index is -3.35. The van der Waals surface area contributed by atoms with Gasteiger partial charge in [0.2, 0.25) is 10.0 Å². The van der Waals surface area contributed by atoms with Crippen LogP contribution in [0, 0.1) is 0 Å². The van der Waals surface area contributed by atoms with Crippen LogP contribution >= 0.6 is 0 Å². The molecule has 0 bridgehead atoms. The molecule has 1 aromatic rings. The quantitative estimate of drug-likeness (QED) is 0.821. The normalized spacial score (nSPS) is 19.2. The average Bonchev–Trinajstić information content (AvgIpc) is 2.91. The molecule has 1 aliphatic rings. The van der Waals surface area contributed by atoms with Crippen molar-refractivity contribution >= 4 is 10.0 Å². The van der Waals surface area contributed by atoms with Crippen LogP contribution in [0.5, 0.6) is 0 Å². The minimum Gasteiger partial charge on any atom is -0.314 e. The van der Waals surface area contributed by atoms with Crippen LogP contribution in [0.15, 0.2) is 17.3 Å². The van der Waals surface area contributed by atoms with Gasteiger partial charge in [0.1, 0.15) is 4.90 Å². The molecule has 0 amide bonds. The fourth-order valence-electron chi connectivity index (χ4n) is 2.18. The van der Waals surface area contributed by atoms with E-state index < -0.39 is 10.0 Å². The number of rotatable bonds is 5. The Balaban J connectivity index is 1.94. The Labute approximate surface area is 108 Å². The van der Waals surface area contributed by atoms with Gasteiger partial charge >= 0.3 is 0 Å². The molecular formula is C11H20N4O2S. The molecule has 1 aromatic heterocycles. The molecule has 6 nitrogen and oxygen atoms in total. The van der Waals surface area contributed by atoms with E-state index in [0.717, 1.165) is 25.8 Å². The summed E-state index contributed by atoms with van der Waals surface area (Å²) in [5.74, 6) is 0. The second-order valence-corrected chi connectivity index (χ2v) is 6.50. The Bertz CT molecular complexity index is 449. The molecule has 102 valence electrons. The summed E-state index contributed by atoms with van der Waals surface area (Å²) in [6.07, 6.45) is 5.63. The highest BCUT2D eigenvalue weighted by Gasteiger charge is 2.29. The predicted molar refractivity (Wildman–Crippen MR) is 68.7 cm³/mol. The number of piperidine rings is 1. The fourth-order valence-corrected chi connectivity index (χ4v) is 3.56. The summed E-state index contributed by atoms with van der Waals surface area (Å²) in [5.41, 5.74) is 0. The van der Waals surface area contributed by atoms with Gasteiger partial charge in [0.15, 0.2) is 0 Å². The number of nitrogens with one attached hydrogen (secondary N) is 2. The molecule has 1 saturated heterocycles. The monoisotopic (exact) mass is 272 g/mol. The lowest BCUT2D eigenvalue weighted by Gasteiger charge is -2.31. The van der Waals surface area contributed by atoms with Crippen LogP contribution in [-0.4, -0.2) is 48.6 Å². The maximum absolute atomic E-state index is 12.2. The largest absolute Gasteiger partial charge is 0.314 e. The molecule has 0 saturated carbocycles. The summed E-state index contributed by atoms with van der Waals surface area (Å²) in [5, 5.41) is 9.68. The minimum absolute atomic E-state index is 0.252. The maximum atomic E-state index is 12.2. The van der Waals surface area contributed by atoms with Gasteiger partial charge in [0.25, 0.3) is 0 Å². The van der Waals surface area contributed by atoms with E-state index in [-0.39, 0.29) is 4.90 Å². The van der Waals surface area contributed by atoms with Crippen molar-refractivity contribution in [2.75, 3.05) is 19.6 Å². The Morgan fingerprint density at radius 1 is 1.50 bits per heavy atom. The Morgan fingerprint density at radius 3 is 2.78 bits per heavy atom. The summed E-state index contributed by atoms with van der Waals surface area (Å²) >= 11 is 0. The molecular weight excluding hydrogens is 252 g/mol. The highest BCUT2D eigenvalue weighted by atomic mass is 32.2. The molecule has 1 aliphatic heterocycles. The highest BCUT2D eigenvalue weighted by Crippen LogP contribution is 2.19. The molecule has 7 heteroatoms. The molecule has 2 N–H and O–H groups in total. The number of hydrogen-bond donors (Lipinski definition) is 2. The van der Waals surface area contributed by atoms with E-state index in [4.69, 9.17) is 0 Å². The van der Waals surface area contributed by atoms with Gasteiger partial charge in [-0.3, -0.25) is 5.10 Å². The molecule has 1 fully saturated rings. The summed E-state index contributed by atoms with van der Waals surface area (Å²) in [6.45, 7) is 4.29. The van der Waals surface area contributed by atoms with Gasteiger partial charge in [-0.2, -0.15) is 9.40 Å². The van der Waals surface area contributed by atoms with E-state index in [2.05, 4.69) is 22.4 Å². The molecule has 0 spiro atoms. The van der Waals surface area contributed by atoms with Crippen LogP contribution in [0.3, 0.4) is 0 Å². The second-order valence-electron chi connectivity index (χ2n) is 4.57. The number of hydrogen-bond acceptors (Lipinski definition) is 4. The first-order valence-electron chi connectivity index (χ1n) is 6.37. The van der Waals surface area contributed by atoms with Crippen molar-refractivity contribution in [1.82, 2.24) is 19.8 Å². The van der Waals surface area contributed by atoms with Crippen LogP contribution in [0.2, 0.25) is 0 Å². The maximum Gasteiger partial charge on any atom is 0.246 e. The van der Waals surface area contributed by atoms with E-state index in [1.54, 1.807) is 4.31 Å². The molecule has 0 radical (unpaired) electrons. The zero-order valence-corrected chi connectivity index (χ0v) is 11.4. The third-order valence-electron chi connectivity index (χ3n) is 3.25. The van der Waals surface area contributed by atoms with Crippen LogP contribution in [0.4, 0.5) is 0 Å². The molecule has 0 aliphatic carbocycles. The number of aromatic nitrogens is 2. The summed E-state index contributed by atoms with van der Waals surface area (Å²) in [7, 11) is -3.35. The van der Waals surface area contributed by atoms with Crippen LogP contribution in [0.25, 0.3) is 0 Å². The third kappa shape index (κ3) is 2.90. The van der Waals surface area contributed by atoms with Gasteiger partial charge in [-0.05, 0) is 25.8 Å². The van der Waals surface area contributed by atoms with Gasteiger partial charge in [-0.25, -0.2) is 8.42 Å². The van der Waals surface area contributed by atoms with Gasteiger partial charge in [0.05, 0.1) is 6.20 Å². The van der Waals surface area contributed by atoms with Crippen LogP contribution < -0.4 is 5.32 Å². The molecule has 2 heterocycles. The third-order valence-corrected chi connectivity index (χ3v) is 5.11. The fraction of sp³-hybridized carbons (Fsp3) is 0.727. The summed E-state index contributed by atoms with van der Waals surface area (Å²) < 4.78 is 26.0. The van der Waals surface area contributed by atoms with Gasteiger partial charge in [-0.1, -0.05) is 6.92 Å². The van der Waals surface area contributed by atoms with E-state index in [0.29, 0.717) is 19.1 Å². The van der Waals surface area contributed by atoms with Crippen molar-refractivity contribution in [3.63, 3.8) is 0 Å². The summed E-state index contributed by atoms with van der Waals surface area (Å²) in [6, 6.07) is 0.445. The lowest BCUT2D eigenvalue weighted by atomic mass is 10.1. The van der Waals surface area contributed by atoms with Crippen molar-refractivity contribution in [1.29, 1.82) is 0 Å².